The molecule has 2 fully saturated rings. The van der Waals surface area contributed by atoms with E-state index < -0.39 is 0 Å². The first-order valence-electron chi connectivity index (χ1n) is 5.36. The van der Waals surface area contributed by atoms with Crippen LogP contribution in [0.1, 0.15) is 25.7 Å². The van der Waals surface area contributed by atoms with Gasteiger partial charge in [-0.05, 0) is 31.6 Å². The van der Waals surface area contributed by atoms with Crippen LogP contribution in [0.2, 0.25) is 0 Å². The van der Waals surface area contributed by atoms with Gasteiger partial charge in [0.05, 0.1) is 6.61 Å². The van der Waals surface area contributed by atoms with E-state index >= 15 is 0 Å². The van der Waals surface area contributed by atoms with Gasteiger partial charge in [-0.2, -0.15) is 0 Å². The van der Waals surface area contributed by atoms with Crippen LogP contribution in [0.15, 0.2) is 0 Å². The molecular weight excluding hydrogens is 164 g/mol. The van der Waals surface area contributed by atoms with E-state index in [9.17, 15) is 0 Å². The highest BCUT2D eigenvalue weighted by Crippen LogP contribution is 2.31. The van der Waals surface area contributed by atoms with Gasteiger partial charge in [0.25, 0.3) is 0 Å². The van der Waals surface area contributed by atoms with Crippen molar-refractivity contribution in [3.05, 3.63) is 0 Å². The number of rotatable bonds is 7. The Kier molecular flexibility index (Phi) is 2.86. The van der Waals surface area contributed by atoms with Crippen LogP contribution in [-0.4, -0.2) is 31.8 Å². The van der Waals surface area contributed by atoms with E-state index in [-0.39, 0.29) is 5.54 Å². The van der Waals surface area contributed by atoms with Crippen LogP contribution in [0.4, 0.5) is 0 Å². The highest BCUT2D eigenvalue weighted by atomic mass is 16.5. The van der Waals surface area contributed by atoms with Crippen LogP contribution < -0.4 is 11.1 Å². The van der Waals surface area contributed by atoms with Gasteiger partial charge >= 0.3 is 0 Å². The van der Waals surface area contributed by atoms with Crippen molar-refractivity contribution in [3.63, 3.8) is 0 Å². The molecule has 2 aliphatic carbocycles. The topological polar surface area (TPSA) is 47.3 Å². The summed E-state index contributed by atoms with van der Waals surface area (Å²) in [5.41, 5.74) is 6.05. The summed E-state index contributed by atoms with van der Waals surface area (Å²) in [6, 6.07) is 0. The molecule has 0 aromatic heterocycles. The first-order valence-corrected chi connectivity index (χ1v) is 5.36. The molecule has 2 aliphatic rings. The summed E-state index contributed by atoms with van der Waals surface area (Å²) in [5, 5.41) is 3.33. The van der Waals surface area contributed by atoms with E-state index in [4.69, 9.17) is 10.5 Å². The SMILES string of the molecule is NC1(CNCCOCC2CC2)CC1. The molecule has 76 valence electrons. The molecule has 0 saturated heterocycles. The second kappa shape index (κ2) is 3.95. The molecule has 0 radical (unpaired) electrons. The van der Waals surface area contributed by atoms with Crippen molar-refractivity contribution in [3.8, 4) is 0 Å². The zero-order valence-corrected chi connectivity index (χ0v) is 8.22. The van der Waals surface area contributed by atoms with Gasteiger partial charge in [0.1, 0.15) is 0 Å². The van der Waals surface area contributed by atoms with Gasteiger partial charge in [-0.25, -0.2) is 0 Å². The third-order valence-corrected chi connectivity index (χ3v) is 2.84. The molecule has 13 heavy (non-hydrogen) atoms. The van der Waals surface area contributed by atoms with E-state index in [1.807, 2.05) is 0 Å². The third-order valence-electron chi connectivity index (χ3n) is 2.84. The molecule has 3 N–H and O–H groups in total. The van der Waals surface area contributed by atoms with Gasteiger partial charge in [-0.3, -0.25) is 0 Å². The zero-order chi connectivity index (χ0) is 9.15. The maximum absolute atomic E-state index is 5.92. The number of ether oxygens (including phenoxy) is 1. The molecule has 0 heterocycles. The number of nitrogens with two attached hydrogens (primary N) is 1. The van der Waals surface area contributed by atoms with Crippen molar-refractivity contribution < 1.29 is 4.74 Å². The van der Waals surface area contributed by atoms with Gasteiger partial charge in [0, 0.05) is 25.2 Å². The largest absolute Gasteiger partial charge is 0.380 e. The van der Waals surface area contributed by atoms with Crippen LogP contribution in [0.5, 0.6) is 0 Å². The summed E-state index contributed by atoms with van der Waals surface area (Å²) in [7, 11) is 0. The van der Waals surface area contributed by atoms with E-state index in [1.54, 1.807) is 0 Å². The Morgan fingerprint density at radius 2 is 2.15 bits per heavy atom. The predicted molar refractivity (Wildman–Crippen MR) is 52.6 cm³/mol. The maximum Gasteiger partial charge on any atom is 0.0591 e. The quantitative estimate of drug-likeness (QED) is 0.566. The van der Waals surface area contributed by atoms with Crippen LogP contribution in [0.3, 0.4) is 0 Å². The van der Waals surface area contributed by atoms with Crippen molar-refractivity contribution in [1.82, 2.24) is 5.32 Å². The lowest BCUT2D eigenvalue weighted by Gasteiger charge is -2.09. The molecule has 0 amide bonds. The van der Waals surface area contributed by atoms with E-state index in [2.05, 4.69) is 5.32 Å². The molecule has 0 atom stereocenters. The Balaban J connectivity index is 1.36. The van der Waals surface area contributed by atoms with Gasteiger partial charge in [0.2, 0.25) is 0 Å². The van der Waals surface area contributed by atoms with Gasteiger partial charge in [-0.1, -0.05) is 0 Å². The van der Waals surface area contributed by atoms with Crippen molar-refractivity contribution in [1.29, 1.82) is 0 Å². The number of nitrogens with one attached hydrogen (secondary N) is 1. The van der Waals surface area contributed by atoms with Gasteiger partial charge in [-0.15, -0.1) is 0 Å². The maximum atomic E-state index is 5.92. The van der Waals surface area contributed by atoms with Crippen molar-refractivity contribution >= 4 is 0 Å². The highest BCUT2D eigenvalue weighted by molar-refractivity contribution is 5.00. The normalized spacial score (nSPS) is 24.7. The Bertz CT molecular complexity index is 164. The number of hydrogen-bond donors (Lipinski definition) is 2. The lowest BCUT2D eigenvalue weighted by atomic mass is 10.3. The van der Waals surface area contributed by atoms with Crippen molar-refractivity contribution in [2.75, 3.05) is 26.3 Å². The summed E-state index contributed by atoms with van der Waals surface area (Å²) >= 11 is 0. The minimum absolute atomic E-state index is 0.135. The molecule has 2 rings (SSSR count). The fourth-order valence-electron chi connectivity index (χ4n) is 1.35. The Labute approximate surface area is 80.0 Å². The lowest BCUT2D eigenvalue weighted by molar-refractivity contribution is 0.126. The highest BCUT2D eigenvalue weighted by Gasteiger charge is 2.37. The van der Waals surface area contributed by atoms with Crippen LogP contribution in [0, 0.1) is 5.92 Å². The summed E-state index contributed by atoms with van der Waals surface area (Å²) in [5.74, 6) is 0.879. The minimum atomic E-state index is 0.135. The van der Waals surface area contributed by atoms with Crippen LogP contribution >= 0.6 is 0 Å². The summed E-state index contributed by atoms with van der Waals surface area (Å²) < 4.78 is 5.49. The smallest absolute Gasteiger partial charge is 0.0591 e. The van der Waals surface area contributed by atoms with Gasteiger partial charge in [0.15, 0.2) is 0 Å². The Morgan fingerprint density at radius 3 is 2.77 bits per heavy atom. The second-order valence-electron chi connectivity index (χ2n) is 4.56. The molecule has 0 aromatic rings. The molecular formula is C10H20N2O. The van der Waals surface area contributed by atoms with Crippen molar-refractivity contribution in [2.45, 2.75) is 31.2 Å². The fourth-order valence-corrected chi connectivity index (χ4v) is 1.35. The summed E-state index contributed by atoms with van der Waals surface area (Å²) in [6.45, 7) is 3.72. The molecule has 2 saturated carbocycles. The average molecular weight is 184 g/mol. The zero-order valence-electron chi connectivity index (χ0n) is 8.22. The monoisotopic (exact) mass is 184 g/mol. The molecule has 0 bridgehead atoms. The molecule has 0 unspecified atom stereocenters. The Morgan fingerprint density at radius 1 is 1.38 bits per heavy atom. The minimum Gasteiger partial charge on any atom is -0.380 e. The second-order valence-corrected chi connectivity index (χ2v) is 4.56. The Hall–Kier alpha value is -0.120. The molecule has 0 aromatic carbocycles. The standard InChI is InChI=1S/C10H20N2O/c11-10(3-4-10)8-12-5-6-13-7-9-1-2-9/h9,12H,1-8,11H2. The van der Waals surface area contributed by atoms with E-state index in [1.165, 1.54) is 25.7 Å². The summed E-state index contributed by atoms with van der Waals surface area (Å²) in [4.78, 5) is 0. The fraction of sp³-hybridized carbons (Fsp3) is 1.00. The van der Waals surface area contributed by atoms with E-state index in [0.717, 1.165) is 32.2 Å². The number of hydrogen-bond acceptors (Lipinski definition) is 3. The third kappa shape index (κ3) is 3.63. The predicted octanol–water partition coefficient (Wildman–Crippen LogP) is 0.494. The van der Waals surface area contributed by atoms with Crippen molar-refractivity contribution in [2.24, 2.45) is 11.7 Å². The van der Waals surface area contributed by atoms with Crippen LogP contribution in [0.25, 0.3) is 0 Å². The van der Waals surface area contributed by atoms with Gasteiger partial charge < -0.3 is 15.8 Å². The van der Waals surface area contributed by atoms with Crippen LogP contribution in [-0.2, 0) is 4.74 Å². The summed E-state index contributed by atoms with van der Waals surface area (Å²) in [6.07, 6.45) is 5.12. The van der Waals surface area contributed by atoms with E-state index in [0.29, 0.717) is 0 Å². The lowest BCUT2D eigenvalue weighted by Crippen LogP contribution is -2.37. The molecule has 0 aliphatic heterocycles. The first kappa shape index (κ1) is 9.44. The molecule has 3 heteroatoms. The molecule has 0 spiro atoms. The average Bonchev–Trinajstić information content (AvgIpc) is 2.96. The molecule has 3 nitrogen and oxygen atoms in total. The first-order chi connectivity index (χ1) is 6.29.